The van der Waals surface area contributed by atoms with Crippen LogP contribution in [0.1, 0.15) is 32.1 Å². The van der Waals surface area contributed by atoms with Crippen LogP contribution in [-0.4, -0.2) is 66.4 Å². The van der Waals surface area contributed by atoms with E-state index >= 15 is 0 Å². The zero-order chi connectivity index (χ0) is 20.0. The quantitative estimate of drug-likeness (QED) is 0.617. The van der Waals surface area contributed by atoms with Crippen LogP contribution in [0.5, 0.6) is 5.75 Å². The molecular weight excluding hydrogens is 484 g/mol. The number of fused-ring (bicyclic) bond motifs is 1. The van der Waals surface area contributed by atoms with Gasteiger partial charge < -0.3 is 19.9 Å². The van der Waals surface area contributed by atoms with Gasteiger partial charge in [0.2, 0.25) is 5.95 Å². The summed E-state index contributed by atoms with van der Waals surface area (Å²) in [7, 11) is 1.69. The standard InChI is InChI=1S/C21H27FIN5O/c1-29-19-10-16-18(11-17(19)23)25-21(28-7-4-13(22)12-28)26-20(16)24-14-5-8-27(9-6-14)15-2-3-15/h10-11,13-15H,2-9,12H2,1H3,(H,24,25,26). The van der Waals surface area contributed by atoms with Crippen LogP contribution < -0.4 is 15.0 Å². The van der Waals surface area contributed by atoms with E-state index in [1.807, 2.05) is 17.0 Å². The minimum absolute atomic E-state index is 0.373. The normalized spacial score (nSPS) is 23.7. The number of ether oxygens (including phenoxy) is 1. The van der Waals surface area contributed by atoms with Crippen molar-refractivity contribution >= 4 is 45.3 Å². The average molecular weight is 511 g/mol. The molecular formula is C21H27FIN5O. The van der Waals surface area contributed by atoms with E-state index in [0.717, 1.165) is 58.0 Å². The second-order valence-corrected chi connectivity index (χ2v) is 9.56. The molecule has 1 aromatic carbocycles. The number of nitrogens with one attached hydrogen (secondary N) is 1. The topological polar surface area (TPSA) is 53.5 Å². The van der Waals surface area contributed by atoms with E-state index in [1.165, 1.54) is 12.8 Å². The number of nitrogens with zero attached hydrogens (tertiary/aromatic N) is 4. The smallest absolute Gasteiger partial charge is 0.227 e. The second kappa shape index (κ2) is 8.02. The maximum atomic E-state index is 13.8. The van der Waals surface area contributed by atoms with Gasteiger partial charge in [0.15, 0.2) is 0 Å². The summed E-state index contributed by atoms with van der Waals surface area (Å²) in [5.74, 6) is 2.29. The van der Waals surface area contributed by atoms with E-state index in [0.29, 0.717) is 31.5 Å². The highest BCUT2D eigenvalue weighted by Gasteiger charge is 2.32. The fourth-order valence-electron chi connectivity index (χ4n) is 4.47. The third kappa shape index (κ3) is 4.10. The minimum Gasteiger partial charge on any atom is -0.496 e. The summed E-state index contributed by atoms with van der Waals surface area (Å²) in [6.07, 6.45) is 4.71. The van der Waals surface area contributed by atoms with E-state index < -0.39 is 6.17 Å². The molecule has 0 radical (unpaired) electrons. The predicted molar refractivity (Wildman–Crippen MR) is 122 cm³/mol. The summed E-state index contributed by atoms with van der Waals surface area (Å²) < 4.78 is 20.3. The minimum atomic E-state index is -0.798. The van der Waals surface area contributed by atoms with Crippen LogP contribution in [0.4, 0.5) is 16.2 Å². The molecule has 0 amide bonds. The number of anilines is 2. The number of halogens is 2. The van der Waals surface area contributed by atoms with Crippen molar-refractivity contribution in [3.8, 4) is 5.75 Å². The summed E-state index contributed by atoms with van der Waals surface area (Å²) in [4.78, 5) is 14.2. The zero-order valence-electron chi connectivity index (χ0n) is 16.7. The number of hydrogen-bond acceptors (Lipinski definition) is 6. The monoisotopic (exact) mass is 511 g/mol. The fourth-order valence-corrected chi connectivity index (χ4v) is 5.14. The van der Waals surface area contributed by atoms with Crippen molar-refractivity contribution in [2.24, 2.45) is 0 Å². The fraction of sp³-hybridized carbons (Fsp3) is 0.619. The number of benzene rings is 1. The zero-order valence-corrected chi connectivity index (χ0v) is 18.9. The highest BCUT2D eigenvalue weighted by molar-refractivity contribution is 14.1. The van der Waals surface area contributed by atoms with Crippen molar-refractivity contribution in [2.45, 2.75) is 50.4 Å². The summed E-state index contributed by atoms with van der Waals surface area (Å²) in [6, 6.07) is 5.28. The lowest BCUT2D eigenvalue weighted by Gasteiger charge is -2.33. The van der Waals surface area contributed by atoms with Crippen LogP contribution in [-0.2, 0) is 0 Å². The van der Waals surface area contributed by atoms with Crippen molar-refractivity contribution in [3.63, 3.8) is 0 Å². The van der Waals surface area contributed by atoms with Gasteiger partial charge in [-0.1, -0.05) is 0 Å². The number of piperidine rings is 1. The van der Waals surface area contributed by atoms with E-state index in [2.05, 4.69) is 32.8 Å². The first-order valence-electron chi connectivity index (χ1n) is 10.6. The molecule has 0 bridgehead atoms. The molecule has 2 aromatic rings. The Kier molecular flexibility index (Phi) is 5.40. The number of aromatic nitrogens is 2. The van der Waals surface area contributed by atoms with Gasteiger partial charge in [-0.15, -0.1) is 0 Å². The van der Waals surface area contributed by atoms with E-state index in [9.17, 15) is 4.39 Å². The summed E-state index contributed by atoms with van der Waals surface area (Å²) in [6.45, 7) is 3.33. The van der Waals surface area contributed by atoms with E-state index in [-0.39, 0.29) is 0 Å². The molecule has 1 saturated carbocycles. The average Bonchev–Trinajstić information content (AvgIpc) is 3.48. The third-order valence-electron chi connectivity index (χ3n) is 6.30. The van der Waals surface area contributed by atoms with Gasteiger partial charge >= 0.3 is 0 Å². The van der Waals surface area contributed by atoms with Crippen LogP contribution >= 0.6 is 22.6 Å². The molecule has 3 aliphatic rings. The first-order chi connectivity index (χ1) is 14.1. The number of methoxy groups -OCH3 is 1. The Morgan fingerprint density at radius 3 is 2.55 bits per heavy atom. The maximum Gasteiger partial charge on any atom is 0.227 e. The maximum absolute atomic E-state index is 13.8. The van der Waals surface area contributed by atoms with Gasteiger partial charge in [0.05, 0.1) is 22.7 Å². The molecule has 156 valence electrons. The lowest BCUT2D eigenvalue weighted by Crippen LogP contribution is -2.40. The Hall–Kier alpha value is -1.42. The van der Waals surface area contributed by atoms with Crippen LogP contribution in [0.25, 0.3) is 10.9 Å². The van der Waals surface area contributed by atoms with Gasteiger partial charge in [0, 0.05) is 37.1 Å². The molecule has 1 atom stereocenters. The Bertz CT molecular complexity index is 900. The molecule has 1 aromatic heterocycles. The van der Waals surface area contributed by atoms with Crippen molar-refractivity contribution in [1.29, 1.82) is 0 Å². The molecule has 5 rings (SSSR count). The number of hydrogen-bond donors (Lipinski definition) is 1. The molecule has 1 unspecified atom stereocenters. The first kappa shape index (κ1) is 19.5. The molecule has 8 heteroatoms. The molecule has 2 aliphatic heterocycles. The molecule has 1 N–H and O–H groups in total. The van der Waals surface area contributed by atoms with Crippen molar-refractivity contribution < 1.29 is 9.13 Å². The van der Waals surface area contributed by atoms with Gasteiger partial charge in [-0.05, 0) is 66.8 Å². The van der Waals surface area contributed by atoms with Crippen LogP contribution in [0.2, 0.25) is 0 Å². The first-order valence-corrected chi connectivity index (χ1v) is 11.6. The number of rotatable bonds is 5. The van der Waals surface area contributed by atoms with Crippen LogP contribution in [0, 0.1) is 3.57 Å². The van der Waals surface area contributed by atoms with E-state index in [1.54, 1.807) is 7.11 Å². The molecule has 1 aliphatic carbocycles. The Balaban J connectivity index is 1.45. The Morgan fingerprint density at radius 2 is 1.90 bits per heavy atom. The lowest BCUT2D eigenvalue weighted by atomic mass is 10.0. The molecule has 6 nitrogen and oxygen atoms in total. The SMILES string of the molecule is COc1cc2c(NC3CCN(C4CC4)CC3)nc(N3CCC(F)C3)nc2cc1I. The molecule has 3 heterocycles. The van der Waals surface area contributed by atoms with Crippen LogP contribution in [0.3, 0.4) is 0 Å². The second-order valence-electron chi connectivity index (χ2n) is 8.39. The van der Waals surface area contributed by atoms with Crippen molar-refractivity contribution in [2.75, 3.05) is 43.5 Å². The highest BCUT2D eigenvalue weighted by atomic mass is 127. The largest absolute Gasteiger partial charge is 0.496 e. The molecule has 2 saturated heterocycles. The number of likely N-dealkylation sites (tertiary alicyclic amines) is 1. The highest BCUT2D eigenvalue weighted by Crippen LogP contribution is 2.34. The van der Waals surface area contributed by atoms with Gasteiger partial charge in [-0.3, -0.25) is 0 Å². The molecule has 0 spiro atoms. The summed E-state index contributed by atoms with van der Waals surface area (Å²) in [5.41, 5.74) is 0.875. The van der Waals surface area contributed by atoms with Crippen LogP contribution in [0.15, 0.2) is 12.1 Å². The predicted octanol–water partition coefficient (Wildman–Crippen LogP) is 3.83. The Morgan fingerprint density at radius 1 is 1.10 bits per heavy atom. The molecule has 29 heavy (non-hydrogen) atoms. The summed E-state index contributed by atoms with van der Waals surface area (Å²) >= 11 is 2.27. The van der Waals surface area contributed by atoms with E-state index in [4.69, 9.17) is 14.7 Å². The Labute approximate surface area is 184 Å². The van der Waals surface area contributed by atoms with Crippen molar-refractivity contribution in [1.82, 2.24) is 14.9 Å². The van der Waals surface area contributed by atoms with Gasteiger partial charge in [0.25, 0.3) is 0 Å². The van der Waals surface area contributed by atoms with Gasteiger partial charge in [0.1, 0.15) is 17.7 Å². The van der Waals surface area contributed by atoms with Crippen molar-refractivity contribution in [3.05, 3.63) is 15.7 Å². The summed E-state index contributed by atoms with van der Waals surface area (Å²) in [5, 5.41) is 4.66. The lowest BCUT2D eigenvalue weighted by molar-refractivity contribution is 0.210. The van der Waals surface area contributed by atoms with Gasteiger partial charge in [-0.25, -0.2) is 9.37 Å². The third-order valence-corrected chi connectivity index (χ3v) is 7.15. The number of alkyl halides is 1. The van der Waals surface area contributed by atoms with Gasteiger partial charge in [-0.2, -0.15) is 4.98 Å². The molecule has 3 fully saturated rings.